The van der Waals surface area contributed by atoms with Gasteiger partial charge in [0, 0.05) is 29.9 Å². The molecule has 0 saturated heterocycles. The van der Waals surface area contributed by atoms with Gasteiger partial charge in [0.2, 0.25) is 0 Å². The first-order valence-electron chi connectivity index (χ1n) is 8.93. The minimum absolute atomic E-state index is 0.00759. The number of hydrogen-bond acceptors (Lipinski definition) is 4. The SMILES string of the molecule is C=C[C@@](C)(CO)C[C@@H](OCOC)[C@@]1(C)C2=C(CCC2=O)CC[C@@H]1C. The van der Waals surface area contributed by atoms with E-state index in [-0.39, 0.29) is 30.7 Å². The van der Waals surface area contributed by atoms with Gasteiger partial charge in [-0.1, -0.05) is 32.4 Å². The number of allylic oxidation sites excluding steroid dienone is 1. The van der Waals surface area contributed by atoms with Crippen LogP contribution < -0.4 is 0 Å². The summed E-state index contributed by atoms with van der Waals surface area (Å²) in [6.07, 6.45) is 5.82. The van der Waals surface area contributed by atoms with Crippen LogP contribution >= 0.6 is 0 Å². The number of methoxy groups -OCH3 is 1. The third-order valence-corrected chi connectivity index (χ3v) is 6.29. The van der Waals surface area contributed by atoms with Gasteiger partial charge < -0.3 is 14.6 Å². The second-order valence-electron chi connectivity index (χ2n) is 7.91. The van der Waals surface area contributed by atoms with E-state index in [0.29, 0.717) is 18.8 Å². The summed E-state index contributed by atoms with van der Waals surface area (Å²) in [4.78, 5) is 12.6. The van der Waals surface area contributed by atoms with E-state index in [1.54, 1.807) is 13.2 Å². The minimum atomic E-state index is -0.443. The molecule has 0 aromatic heterocycles. The molecule has 0 radical (unpaired) electrons. The van der Waals surface area contributed by atoms with Gasteiger partial charge in [-0.15, -0.1) is 6.58 Å². The van der Waals surface area contributed by atoms with Crippen molar-refractivity contribution in [1.29, 1.82) is 0 Å². The van der Waals surface area contributed by atoms with Crippen molar-refractivity contribution in [2.24, 2.45) is 16.7 Å². The van der Waals surface area contributed by atoms with Crippen molar-refractivity contribution < 1.29 is 19.4 Å². The zero-order valence-corrected chi connectivity index (χ0v) is 15.6. The molecule has 4 nitrogen and oxygen atoms in total. The molecule has 0 heterocycles. The molecule has 2 rings (SSSR count). The molecule has 0 spiro atoms. The van der Waals surface area contributed by atoms with Crippen LogP contribution in [0.25, 0.3) is 0 Å². The number of ether oxygens (including phenoxy) is 2. The molecule has 0 aromatic rings. The Bertz CT molecular complexity index is 524. The largest absolute Gasteiger partial charge is 0.395 e. The van der Waals surface area contributed by atoms with E-state index in [1.807, 2.05) is 6.92 Å². The van der Waals surface area contributed by atoms with E-state index in [4.69, 9.17) is 9.47 Å². The number of Topliss-reactive ketones (excluding diaryl/α,β-unsaturated/α-hetero) is 1. The van der Waals surface area contributed by atoms with Gasteiger partial charge in [-0.25, -0.2) is 0 Å². The summed E-state index contributed by atoms with van der Waals surface area (Å²) < 4.78 is 11.2. The van der Waals surface area contributed by atoms with Crippen LogP contribution in [-0.2, 0) is 14.3 Å². The molecule has 2 aliphatic rings. The third-order valence-electron chi connectivity index (χ3n) is 6.29. The molecular weight excluding hydrogens is 304 g/mol. The zero-order valence-electron chi connectivity index (χ0n) is 15.6. The Labute approximate surface area is 145 Å². The first-order chi connectivity index (χ1) is 11.3. The first kappa shape index (κ1) is 19.4. The van der Waals surface area contributed by atoms with Gasteiger partial charge >= 0.3 is 0 Å². The van der Waals surface area contributed by atoms with Gasteiger partial charge in [-0.3, -0.25) is 4.79 Å². The number of aliphatic hydroxyl groups excluding tert-OH is 1. The molecule has 1 N–H and O–H groups in total. The van der Waals surface area contributed by atoms with E-state index in [1.165, 1.54) is 5.57 Å². The van der Waals surface area contributed by atoms with Crippen LogP contribution in [0.2, 0.25) is 0 Å². The summed E-state index contributed by atoms with van der Waals surface area (Å²) in [6.45, 7) is 10.4. The molecule has 0 aliphatic heterocycles. The lowest BCUT2D eigenvalue weighted by atomic mass is 9.60. The lowest BCUT2D eigenvalue weighted by Crippen LogP contribution is -2.47. The monoisotopic (exact) mass is 336 g/mol. The Kier molecular flexibility index (Phi) is 6.05. The average Bonchev–Trinajstić information content (AvgIpc) is 2.96. The van der Waals surface area contributed by atoms with Crippen LogP contribution in [0.3, 0.4) is 0 Å². The van der Waals surface area contributed by atoms with E-state index >= 15 is 0 Å². The van der Waals surface area contributed by atoms with Gasteiger partial charge in [-0.05, 0) is 31.6 Å². The standard InChI is InChI=1S/C20H32O4/c1-6-19(3,12-21)11-17(24-13-23-5)20(4)14(2)7-8-15-9-10-16(22)18(15)20/h6,14,17,21H,1,7-13H2,2-5H3/t14-,17+,19+,20-/m0/s1. The first-order valence-corrected chi connectivity index (χ1v) is 8.93. The predicted octanol–water partition coefficient (Wildman–Crippen LogP) is 3.65. The van der Waals surface area contributed by atoms with Crippen molar-refractivity contribution in [3.05, 3.63) is 23.8 Å². The molecule has 0 amide bonds. The molecule has 24 heavy (non-hydrogen) atoms. The Morgan fingerprint density at radius 3 is 2.75 bits per heavy atom. The van der Waals surface area contributed by atoms with Gasteiger partial charge in [0.05, 0.1) is 12.7 Å². The molecule has 0 bridgehead atoms. The van der Waals surface area contributed by atoms with Crippen LogP contribution in [0.15, 0.2) is 23.8 Å². The highest BCUT2D eigenvalue weighted by molar-refractivity contribution is 6.00. The lowest BCUT2D eigenvalue weighted by molar-refractivity contribution is -0.138. The fourth-order valence-electron chi connectivity index (χ4n) is 4.29. The summed E-state index contributed by atoms with van der Waals surface area (Å²) in [5.41, 5.74) is 1.52. The number of aliphatic hydroxyl groups is 1. The third kappa shape index (κ3) is 3.37. The Morgan fingerprint density at radius 2 is 2.17 bits per heavy atom. The molecule has 2 aliphatic carbocycles. The average molecular weight is 336 g/mol. The second kappa shape index (κ2) is 7.51. The normalized spacial score (nSPS) is 30.9. The maximum atomic E-state index is 12.6. The highest BCUT2D eigenvalue weighted by Crippen LogP contribution is 2.54. The highest BCUT2D eigenvalue weighted by atomic mass is 16.7. The van der Waals surface area contributed by atoms with Gasteiger partial charge in [0.15, 0.2) is 5.78 Å². The minimum Gasteiger partial charge on any atom is -0.395 e. The molecule has 4 atom stereocenters. The van der Waals surface area contributed by atoms with E-state index in [2.05, 4.69) is 20.4 Å². The van der Waals surface area contributed by atoms with Gasteiger partial charge in [-0.2, -0.15) is 0 Å². The van der Waals surface area contributed by atoms with E-state index in [0.717, 1.165) is 24.8 Å². The van der Waals surface area contributed by atoms with Crippen LogP contribution in [-0.4, -0.2) is 37.5 Å². The summed E-state index contributed by atoms with van der Waals surface area (Å²) in [5, 5.41) is 9.81. The fraction of sp³-hybridized carbons (Fsp3) is 0.750. The summed E-state index contributed by atoms with van der Waals surface area (Å²) in [6, 6.07) is 0. The lowest BCUT2D eigenvalue weighted by Gasteiger charge is -2.48. The summed E-state index contributed by atoms with van der Waals surface area (Å²) in [5.74, 6) is 0.613. The molecule has 4 heteroatoms. The molecule has 136 valence electrons. The molecule has 0 fully saturated rings. The van der Waals surface area contributed by atoms with Crippen LogP contribution in [0.1, 0.15) is 52.9 Å². The van der Waals surface area contributed by atoms with Crippen molar-refractivity contribution in [2.75, 3.05) is 20.5 Å². The maximum absolute atomic E-state index is 12.6. The number of carbonyl (C=O) groups excluding carboxylic acids is 1. The van der Waals surface area contributed by atoms with Crippen LogP contribution in [0.4, 0.5) is 0 Å². The number of ketones is 1. The summed E-state index contributed by atoms with van der Waals surface area (Å²) in [7, 11) is 1.61. The van der Waals surface area contributed by atoms with Crippen molar-refractivity contribution in [3.8, 4) is 0 Å². The fourth-order valence-corrected chi connectivity index (χ4v) is 4.29. The van der Waals surface area contributed by atoms with E-state index in [9.17, 15) is 9.90 Å². The number of carbonyl (C=O) groups is 1. The molecule has 0 unspecified atom stereocenters. The van der Waals surface area contributed by atoms with Crippen LogP contribution in [0, 0.1) is 16.7 Å². The van der Waals surface area contributed by atoms with Crippen molar-refractivity contribution in [2.45, 2.75) is 59.0 Å². The van der Waals surface area contributed by atoms with Crippen molar-refractivity contribution >= 4 is 5.78 Å². The zero-order chi connectivity index (χ0) is 18.0. The molecular formula is C20H32O4. The summed E-state index contributed by atoms with van der Waals surface area (Å²) >= 11 is 0. The van der Waals surface area contributed by atoms with E-state index < -0.39 is 5.41 Å². The van der Waals surface area contributed by atoms with Crippen LogP contribution in [0.5, 0.6) is 0 Å². The Hall–Kier alpha value is -0.970. The van der Waals surface area contributed by atoms with Gasteiger partial charge in [0.25, 0.3) is 0 Å². The van der Waals surface area contributed by atoms with Gasteiger partial charge in [0.1, 0.15) is 6.79 Å². The molecule has 0 saturated carbocycles. The highest BCUT2D eigenvalue weighted by Gasteiger charge is 2.51. The maximum Gasteiger partial charge on any atom is 0.159 e. The predicted molar refractivity (Wildman–Crippen MR) is 94.5 cm³/mol. The Balaban J connectivity index is 2.43. The quantitative estimate of drug-likeness (QED) is 0.543. The molecule has 0 aromatic carbocycles. The Morgan fingerprint density at radius 1 is 1.46 bits per heavy atom. The van der Waals surface area contributed by atoms with Crippen molar-refractivity contribution in [1.82, 2.24) is 0 Å². The topological polar surface area (TPSA) is 55.8 Å². The number of rotatable bonds is 8. The number of hydrogen-bond donors (Lipinski definition) is 1. The van der Waals surface area contributed by atoms with Crippen molar-refractivity contribution in [3.63, 3.8) is 0 Å². The smallest absolute Gasteiger partial charge is 0.159 e. The second-order valence-corrected chi connectivity index (χ2v) is 7.91.